The maximum Gasteiger partial charge on any atom is 0.163 e. The maximum absolute atomic E-state index is 5.57. The average molecular weight is 237 g/mol. The summed E-state index contributed by atoms with van der Waals surface area (Å²) in [7, 11) is 0. The second-order valence-electron chi connectivity index (χ2n) is 4.30. The van der Waals surface area contributed by atoms with Crippen LogP contribution in [0.25, 0.3) is 0 Å². The molecule has 0 aromatic heterocycles. The van der Waals surface area contributed by atoms with Gasteiger partial charge in [0, 0.05) is 18.3 Å². The Bertz CT molecular complexity index is 337. The van der Waals surface area contributed by atoms with Crippen molar-refractivity contribution in [1.29, 1.82) is 0 Å². The smallest absolute Gasteiger partial charge is 0.163 e. The van der Waals surface area contributed by atoms with Gasteiger partial charge >= 0.3 is 0 Å². The third kappa shape index (κ3) is 4.55. The Kier molecular flexibility index (Phi) is 5.67. The van der Waals surface area contributed by atoms with Crippen molar-refractivity contribution in [2.75, 3.05) is 25.1 Å². The number of ether oxygens (including phenoxy) is 2. The third-order valence-corrected chi connectivity index (χ3v) is 2.26. The lowest BCUT2D eigenvalue weighted by atomic mass is 10.2. The SMILES string of the molecule is CCOc1ccc(NCC(C)C)cc1OCC. The van der Waals surface area contributed by atoms with Gasteiger partial charge in [0.2, 0.25) is 0 Å². The lowest BCUT2D eigenvalue weighted by Gasteiger charge is -2.14. The van der Waals surface area contributed by atoms with E-state index in [1.807, 2.05) is 32.0 Å². The van der Waals surface area contributed by atoms with Crippen molar-refractivity contribution in [3.63, 3.8) is 0 Å². The topological polar surface area (TPSA) is 30.5 Å². The predicted octanol–water partition coefficient (Wildman–Crippen LogP) is 3.55. The summed E-state index contributed by atoms with van der Waals surface area (Å²) in [5.74, 6) is 2.24. The van der Waals surface area contributed by atoms with Crippen molar-refractivity contribution in [3.8, 4) is 11.5 Å². The van der Waals surface area contributed by atoms with E-state index < -0.39 is 0 Å². The highest BCUT2D eigenvalue weighted by Crippen LogP contribution is 2.30. The highest BCUT2D eigenvalue weighted by molar-refractivity contribution is 5.54. The zero-order valence-corrected chi connectivity index (χ0v) is 11.2. The fourth-order valence-corrected chi connectivity index (χ4v) is 1.48. The Morgan fingerprint density at radius 1 is 1.06 bits per heavy atom. The minimum Gasteiger partial charge on any atom is -0.490 e. The van der Waals surface area contributed by atoms with Crippen LogP contribution in [-0.4, -0.2) is 19.8 Å². The van der Waals surface area contributed by atoms with Crippen molar-refractivity contribution < 1.29 is 9.47 Å². The summed E-state index contributed by atoms with van der Waals surface area (Å²) in [4.78, 5) is 0. The van der Waals surface area contributed by atoms with Crippen molar-refractivity contribution in [2.45, 2.75) is 27.7 Å². The maximum atomic E-state index is 5.57. The zero-order chi connectivity index (χ0) is 12.7. The van der Waals surface area contributed by atoms with Gasteiger partial charge in [-0.15, -0.1) is 0 Å². The summed E-state index contributed by atoms with van der Waals surface area (Å²) >= 11 is 0. The highest BCUT2D eigenvalue weighted by atomic mass is 16.5. The fourth-order valence-electron chi connectivity index (χ4n) is 1.48. The molecule has 0 atom stereocenters. The Morgan fingerprint density at radius 3 is 2.29 bits per heavy atom. The van der Waals surface area contributed by atoms with Crippen molar-refractivity contribution in [1.82, 2.24) is 0 Å². The fraction of sp³-hybridized carbons (Fsp3) is 0.571. The minimum atomic E-state index is 0.622. The van der Waals surface area contributed by atoms with Crippen LogP contribution in [0.4, 0.5) is 5.69 Å². The van der Waals surface area contributed by atoms with Gasteiger partial charge < -0.3 is 14.8 Å². The van der Waals surface area contributed by atoms with Crippen LogP contribution in [0.15, 0.2) is 18.2 Å². The van der Waals surface area contributed by atoms with E-state index in [-0.39, 0.29) is 0 Å². The van der Waals surface area contributed by atoms with Gasteiger partial charge in [0.1, 0.15) is 0 Å². The van der Waals surface area contributed by atoms with Gasteiger partial charge in [0.25, 0.3) is 0 Å². The summed E-state index contributed by atoms with van der Waals surface area (Å²) < 4.78 is 11.1. The number of benzene rings is 1. The number of rotatable bonds is 7. The van der Waals surface area contributed by atoms with Crippen molar-refractivity contribution in [2.24, 2.45) is 5.92 Å². The monoisotopic (exact) mass is 237 g/mol. The molecule has 0 saturated carbocycles. The Hall–Kier alpha value is -1.38. The number of nitrogens with one attached hydrogen (secondary N) is 1. The first-order valence-electron chi connectivity index (χ1n) is 6.30. The van der Waals surface area contributed by atoms with Gasteiger partial charge in [0.15, 0.2) is 11.5 Å². The lowest BCUT2D eigenvalue weighted by molar-refractivity contribution is 0.288. The Balaban J connectivity index is 2.77. The van der Waals surface area contributed by atoms with E-state index in [1.54, 1.807) is 0 Å². The molecule has 0 amide bonds. The quantitative estimate of drug-likeness (QED) is 0.786. The zero-order valence-electron chi connectivity index (χ0n) is 11.2. The number of hydrogen-bond donors (Lipinski definition) is 1. The van der Waals surface area contributed by atoms with Crippen LogP contribution >= 0.6 is 0 Å². The molecule has 17 heavy (non-hydrogen) atoms. The summed E-state index contributed by atoms with van der Waals surface area (Å²) in [5.41, 5.74) is 1.07. The molecule has 0 fully saturated rings. The molecular formula is C14H23NO2. The van der Waals surface area contributed by atoms with Crippen LogP contribution < -0.4 is 14.8 Å². The molecule has 3 nitrogen and oxygen atoms in total. The first kappa shape index (κ1) is 13.7. The van der Waals surface area contributed by atoms with Crippen LogP contribution in [-0.2, 0) is 0 Å². The predicted molar refractivity (Wildman–Crippen MR) is 72.1 cm³/mol. The minimum absolute atomic E-state index is 0.622. The van der Waals surface area contributed by atoms with Gasteiger partial charge in [-0.2, -0.15) is 0 Å². The second-order valence-corrected chi connectivity index (χ2v) is 4.30. The summed E-state index contributed by atoms with van der Waals surface area (Å²) in [6.07, 6.45) is 0. The molecule has 0 aliphatic heterocycles. The Morgan fingerprint density at radius 2 is 1.71 bits per heavy atom. The number of hydrogen-bond acceptors (Lipinski definition) is 3. The van der Waals surface area contributed by atoms with Crippen LogP contribution in [0.3, 0.4) is 0 Å². The molecule has 0 unspecified atom stereocenters. The molecule has 0 aliphatic rings. The Labute approximate surface area is 104 Å². The summed E-state index contributed by atoms with van der Waals surface area (Å²) in [6.45, 7) is 10.6. The van der Waals surface area contributed by atoms with Gasteiger partial charge in [0.05, 0.1) is 13.2 Å². The summed E-state index contributed by atoms with van der Waals surface area (Å²) in [6, 6.07) is 5.98. The van der Waals surface area contributed by atoms with Crippen molar-refractivity contribution >= 4 is 5.69 Å². The standard InChI is InChI=1S/C14H23NO2/c1-5-16-13-8-7-12(15-10-11(3)4)9-14(13)17-6-2/h7-9,11,15H,5-6,10H2,1-4H3. The normalized spacial score (nSPS) is 10.4. The van der Waals surface area contributed by atoms with Gasteiger partial charge in [-0.3, -0.25) is 0 Å². The number of anilines is 1. The van der Waals surface area contributed by atoms with Crippen LogP contribution in [0.1, 0.15) is 27.7 Å². The lowest BCUT2D eigenvalue weighted by Crippen LogP contribution is -2.08. The van der Waals surface area contributed by atoms with Gasteiger partial charge in [-0.25, -0.2) is 0 Å². The molecule has 1 aromatic carbocycles. The van der Waals surface area contributed by atoms with Crippen LogP contribution in [0, 0.1) is 5.92 Å². The van der Waals surface area contributed by atoms with Gasteiger partial charge in [-0.05, 0) is 31.9 Å². The van der Waals surface area contributed by atoms with Crippen LogP contribution in [0.5, 0.6) is 11.5 Å². The molecule has 0 heterocycles. The molecule has 0 saturated heterocycles. The van der Waals surface area contributed by atoms with E-state index in [9.17, 15) is 0 Å². The molecule has 1 rings (SSSR count). The largest absolute Gasteiger partial charge is 0.490 e. The van der Waals surface area contributed by atoms with E-state index in [1.165, 1.54) is 0 Å². The first-order chi connectivity index (χ1) is 8.17. The molecule has 3 heteroatoms. The van der Waals surface area contributed by atoms with Crippen LogP contribution in [0.2, 0.25) is 0 Å². The molecule has 96 valence electrons. The highest BCUT2D eigenvalue weighted by Gasteiger charge is 2.06. The van der Waals surface area contributed by atoms with E-state index in [0.717, 1.165) is 23.7 Å². The first-order valence-corrected chi connectivity index (χ1v) is 6.30. The van der Waals surface area contributed by atoms with Crippen molar-refractivity contribution in [3.05, 3.63) is 18.2 Å². The average Bonchev–Trinajstić information content (AvgIpc) is 2.30. The van der Waals surface area contributed by atoms with E-state index in [4.69, 9.17) is 9.47 Å². The van der Waals surface area contributed by atoms with E-state index >= 15 is 0 Å². The van der Waals surface area contributed by atoms with E-state index in [2.05, 4.69) is 19.2 Å². The molecule has 1 aromatic rings. The third-order valence-electron chi connectivity index (χ3n) is 2.26. The second kappa shape index (κ2) is 7.05. The summed E-state index contributed by atoms with van der Waals surface area (Å²) in [5, 5.41) is 3.38. The molecule has 0 spiro atoms. The molecule has 0 aliphatic carbocycles. The van der Waals surface area contributed by atoms with Gasteiger partial charge in [-0.1, -0.05) is 13.8 Å². The molecule has 0 radical (unpaired) electrons. The molecule has 0 bridgehead atoms. The van der Waals surface area contributed by atoms with E-state index in [0.29, 0.717) is 19.1 Å². The molecular weight excluding hydrogens is 214 g/mol. The molecule has 1 N–H and O–H groups in total.